The first-order chi connectivity index (χ1) is 6.80. The van der Waals surface area contributed by atoms with Crippen LogP contribution in [0.5, 0.6) is 0 Å². The SMILES string of the molecule is CC(C)c1csc(NC(=O)C(C)(C)C)n1. The predicted molar refractivity (Wildman–Crippen MR) is 64.3 cm³/mol. The lowest BCUT2D eigenvalue weighted by Crippen LogP contribution is -2.27. The van der Waals surface area contributed by atoms with E-state index < -0.39 is 0 Å². The van der Waals surface area contributed by atoms with Crippen LogP contribution in [0.1, 0.15) is 46.2 Å². The summed E-state index contributed by atoms with van der Waals surface area (Å²) in [5.41, 5.74) is 0.660. The molecule has 0 aliphatic heterocycles. The maximum absolute atomic E-state index is 11.7. The molecular weight excluding hydrogens is 208 g/mol. The summed E-state index contributed by atoms with van der Waals surface area (Å²) in [6.45, 7) is 9.84. The molecule has 84 valence electrons. The molecule has 0 spiro atoms. The van der Waals surface area contributed by atoms with Gasteiger partial charge in [0, 0.05) is 10.8 Å². The Hall–Kier alpha value is -0.900. The third-order valence-corrected chi connectivity index (χ3v) is 2.79. The van der Waals surface area contributed by atoms with E-state index in [1.165, 1.54) is 11.3 Å². The quantitative estimate of drug-likeness (QED) is 0.841. The number of nitrogens with one attached hydrogen (secondary N) is 1. The molecule has 1 aromatic rings. The molecule has 3 nitrogen and oxygen atoms in total. The molecule has 1 aromatic heterocycles. The van der Waals surface area contributed by atoms with E-state index in [-0.39, 0.29) is 11.3 Å². The molecule has 0 saturated heterocycles. The molecule has 0 aliphatic rings. The molecule has 0 unspecified atom stereocenters. The summed E-state index contributed by atoms with van der Waals surface area (Å²) in [6, 6.07) is 0. The van der Waals surface area contributed by atoms with Crippen molar-refractivity contribution < 1.29 is 4.79 Å². The number of anilines is 1. The van der Waals surface area contributed by atoms with Gasteiger partial charge in [-0.1, -0.05) is 34.6 Å². The van der Waals surface area contributed by atoms with Crippen molar-refractivity contribution in [1.29, 1.82) is 0 Å². The first-order valence-corrected chi connectivity index (χ1v) is 5.95. The van der Waals surface area contributed by atoms with Crippen LogP contribution >= 0.6 is 11.3 Å². The van der Waals surface area contributed by atoms with Gasteiger partial charge >= 0.3 is 0 Å². The fourth-order valence-electron chi connectivity index (χ4n) is 0.893. The number of amides is 1. The fraction of sp³-hybridized carbons (Fsp3) is 0.636. The largest absolute Gasteiger partial charge is 0.302 e. The maximum Gasteiger partial charge on any atom is 0.231 e. The van der Waals surface area contributed by atoms with Crippen molar-refractivity contribution in [2.24, 2.45) is 5.41 Å². The number of hydrogen-bond acceptors (Lipinski definition) is 3. The normalized spacial score (nSPS) is 11.9. The first kappa shape index (κ1) is 12.2. The van der Waals surface area contributed by atoms with Gasteiger partial charge in [0.05, 0.1) is 5.69 Å². The third kappa shape index (κ3) is 3.30. The first-order valence-electron chi connectivity index (χ1n) is 5.07. The van der Waals surface area contributed by atoms with Gasteiger partial charge in [0.25, 0.3) is 0 Å². The Kier molecular flexibility index (Phi) is 3.50. The van der Waals surface area contributed by atoms with Crippen molar-refractivity contribution in [1.82, 2.24) is 4.98 Å². The average Bonchev–Trinajstić information content (AvgIpc) is 2.50. The second-order valence-electron chi connectivity index (χ2n) is 4.94. The standard InChI is InChI=1S/C11H18N2OS/c1-7(2)8-6-15-10(12-8)13-9(14)11(3,4)5/h6-7H,1-5H3,(H,12,13,14). The van der Waals surface area contributed by atoms with Crippen molar-refractivity contribution in [3.63, 3.8) is 0 Å². The topological polar surface area (TPSA) is 42.0 Å². The number of thiazole rings is 1. The number of hydrogen-bond donors (Lipinski definition) is 1. The zero-order valence-corrected chi connectivity index (χ0v) is 10.7. The number of carbonyl (C=O) groups is 1. The van der Waals surface area contributed by atoms with E-state index in [0.29, 0.717) is 11.0 Å². The summed E-state index contributed by atoms with van der Waals surface area (Å²) in [6.07, 6.45) is 0. The van der Waals surface area contributed by atoms with Gasteiger partial charge in [0.1, 0.15) is 0 Å². The van der Waals surface area contributed by atoms with Gasteiger partial charge in [-0.15, -0.1) is 11.3 Å². The number of nitrogens with zero attached hydrogens (tertiary/aromatic N) is 1. The van der Waals surface area contributed by atoms with Crippen LogP contribution in [0.25, 0.3) is 0 Å². The molecule has 0 radical (unpaired) electrons. The van der Waals surface area contributed by atoms with E-state index >= 15 is 0 Å². The van der Waals surface area contributed by atoms with Crippen LogP contribution in [0, 0.1) is 5.41 Å². The molecule has 0 saturated carbocycles. The lowest BCUT2D eigenvalue weighted by Gasteiger charge is -2.15. The summed E-state index contributed by atoms with van der Waals surface area (Å²) in [4.78, 5) is 16.0. The van der Waals surface area contributed by atoms with Crippen LogP contribution in [0.15, 0.2) is 5.38 Å². The second kappa shape index (κ2) is 4.31. The highest BCUT2D eigenvalue weighted by Crippen LogP contribution is 2.23. The highest BCUT2D eigenvalue weighted by Gasteiger charge is 2.22. The Morgan fingerprint density at radius 1 is 1.47 bits per heavy atom. The third-order valence-electron chi connectivity index (χ3n) is 2.02. The van der Waals surface area contributed by atoms with Crippen molar-refractivity contribution in [2.45, 2.75) is 40.5 Å². The van der Waals surface area contributed by atoms with Crippen molar-refractivity contribution in [2.75, 3.05) is 5.32 Å². The summed E-state index contributed by atoms with van der Waals surface area (Å²) in [5, 5.41) is 5.51. The molecule has 1 N–H and O–H groups in total. The Labute approximate surface area is 94.9 Å². The van der Waals surface area contributed by atoms with Crippen LogP contribution in [0.4, 0.5) is 5.13 Å². The summed E-state index contributed by atoms with van der Waals surface area (Å²) >= 11 is 1.48. The van der Waals surface area contributed by atoms with E-state index in [1.54, 1.807) is 0 Å². The van der Waals surface area contributed by atoms with Crippen LogP contribution in [0.2, 0.25) is 0 Å². The number of rotatable bonds is 2. The average molecular weight is 226 g/mol. The van der Waals surface area contributed by atoms with Crippen molar-refractivity contribution in [3.05, 3.63) is 11.1 Å². The van der Waals surface area contributed by atoms with Crippen LogP contribution in [0.3, 0.4) is 0 Å². The lowest BCUT2D eigenvalue weighted by molar-refractivity contribution is -0.123. The maximum atomic E-state index is 11.7. The minimum absolute atomic E-state index is 0.00663. The molecule has 1 rings (SSSR count). The molecule has 0 aromatic carbocycles. The van der Waals surface area contributed by atoms with Gasteiger partial charge in [-0.05, 0) is 5.92 Å². The monoisotopic (exact) mass is 226 g/mol. The molecule has 4 heteroatoms. The van der Waals surface area contributed by atoms with Crippen LogP contribution < -0.4 is 5.32 Å². The molecule has 0 aliphatic carbocycles. The fourth-order valence-corrected chi connectivity index (χ4v) is 1.76. The number of aromatic nitrogens is 1. The van der Waals surface area contributed by atoms with Gasteiger partial charge < -0.3 is 5.32 Å². The van der Waals surface area contributed by atoms with Crippen LogP contribution in [-0.4, -0.2) is 10.9 Å². The van der Waals surface area contributed by atoms with Crippen LogP contribution in [-0.2, 0) is 4.79 Å². The smallest absolute Gasteiger partial charge is 0.231 e. The van der Waals surface area contributed by atoms with E-state index in [4.69, 9.17) is 0 Å². The summed E-state index contributed by atoms with van der Waals surface area (Å²) < 4.78 is 0. The Morgan fingerprint density at radius 3 is 2.47 bits per heavy atom. The zero-order valence-electron chi connectivity index (χ0n) is 9.92. The second-order valence-corrected chi connectivity index (χ2v) is 5.79. The molecule has 1 heterocycles. The molecule has 0 atom stereocenters. The summed E-state index contributed by atoms with van der Waals surface area (Å²) in [7, 11) is 0. The van der Waals surface area contributed by atoms with E-state index in [2.05, 4.69) is 24.1 Å². The summed E-state index contributed by atoms with van der Waals surface area (Å²) in [5.74, 6) is 0.411. The minimum atomic E-state index is -0.371. The Morgan fingerprint density at radius 2 is 2.07 bits per heavy atom. The van der Waals surface area contributed by atoms with E-state index in [0.717, 1.165) is 5.69 Å². The Balaban J connectivity index is 2.70. The van der Waals surface area contributed by atoms with Gasteiger partial charge in [0.15, 0.2) is 5.13 Å². The molecule has 0 bridgehead atoms. The molecular formula is C11H18N2OS. The number of carbonyl (C=O) groups excluding carboxylic acids is 1. The van der Waals surface area contributed by atoms with Crippen molar-refractivity contribution >= 4 is 22.4 Å². The van der Waals surface area contributed by atoms with Gasteiger partial charge in [-0.3, -0.25) is 4.79 Å². The zero-order chi connectivity index (χ0) is 11.6. The van der Waals surface area contributed by atoms with E-state index in [1.807, 2.05) is 26.2 Å². The van der Waals surface area contributed by atoms with Gasteiger partial charge in [-0.2, -0.15) is 0 Å². The van der Waals surface area contributed by atoms with Gasteiger partial charge in [0.2, 0.25) is 5.91 Å². The highest BCUT2D eigenvalue weighted by atomic mass is 32.1. The lowest BCUT2D eigenvalue weighted by atomic mass is 9.96. The van der Waals surface area contributed by atoms with E-state index in [9.17, 15) is 4.79 Å². The predicted octanol–water partition coefficient (Wildman–Crippen LogP) is 3.25. The molecule has 0 fully saturated rings. The highest BCUT2D eigenvalue weighted by molar-refractivity contribution is 7.13. The Bertz CT molecular complexity index is 350. The van der Waals surface area contributed by atoms with Gasteiger partial charge in [-0.25, -0.2) is 4.98 Å². The molecule has 15 heavy (non-hydrogen) atoms. The minimum Gasteiger partial charge on any atom is -0.302 e. The van der Waals surface area contributed by atoms with Crippen molar-refractivity contribution in [3.8, 4) is 0 Å². The molecule has 1 amide bonds.